The van der Waals surface area contributed by atoms with E-state index in [2.05, 4.69) is 4.90 Å². The summed E-state index contributed by atoms with van der Waals surface area (Å²) in [6, 6.07) is 0.744. The second-order valence-corrected chi connectivity index (χ2v) is 4.67. The van der Waals surface area contributed by atoms with Gasteiger partial charge in [0.05, 0.1) is 5.92 Å². The highest BCUT2D eigenvalue weighted by atomic mass is 35.5. The molecule has 2 rings (SSSR count). The predicted octanol–water partition coefficient (Wildman–Crippen LogP) is 1.55. The minimum absolute atomic E-state index is 0. The minimum atomic E-state index is -0.108. The molecule has 1 atom stereocenters. The van der Waals surface area contributed by atoms with Gasteiger partial charge in [-0.05, 0) is 25.8 Å². The zero-order chi connectivity index (χ0) is 9.97. The first-order valence-electron chi connectivity index (χ1n) is 5.81. The summed E-state index contributed by atoms with van der Waals surface area (Å²) < 4.78 is 0. The van der Waals surface area contributed by atoms with Gasteiger partial charge in [-0.1, -0.05) is 19.3 Å². The average molecular weight is 233 g/mol. The molecule has 0 aromatic rings. The summed E-state index contributed by atoms with van der Waals surface area (Å²) in [5.74, 6) is 0.0141. The molecule has 88 valence electrons. The van der Waals surface area contributed by atoms with Gasteiger partial charge < -0.3 is 5.73 Å². The standard InChI is InChI=1S/C11H20N2O.ClH/c12-11(14)9-6-7-13(8-9)10-4-2-1-3-5-10;/h9-10H,1-8H2,(H2,12,14);1H. The molecule has 0 spiro atoms. The smallest absolute Gasteiger partial charge is 0.221 e. The highest BCUT2D eigenvalue weighted by Crippen LogP contribution is 2.27. The fourth-order valence-corrected chi connectivity index (χ4v) is 2.80. The highest BCUT2D eigenvalue weighted by Gasteiger charge is 2.31. The van der Waals surface area contributed by atoms with Crippen LogP contribution in [0.25, 0.3) is 0 Å². The van der Waals surface area contributed by atoms with Crippen LogP contribution in [0.15, 0.2) is 0 Å². The van der Waals surface area contributed by atoms with Crippen molar-refractivity contribution in [2.24, 2.45) is 11.7 Å². The molecule has 0 bridgehead atoms. The summed E-state index contributed by atoms with van der Waals surface area (Å²) in [4.78, 5) is 13.5. The molecule has 3 nitrogen and oxygen atoms in total. The van der Waals surface area contributed by atoms with E-state index in [0.29, 0.717) is 0 Å². The molecule has 2 fully saturated rings. The van der Waals surface area contributed by atoms with Gasteiger partial charge in [-0.2, -0.15) is 0 Å². The number of hydrogen-bond donors (Lipinski definition) is 1. The average Bonchev–Trinajstić information content (AvgIpc) is 2.68. The van der Waals surface area contributed by atoms with Crippen LogP contribution < -0.4 is 5.73 Å². The van der Waals surface area contributed by atoms with E-state index in [4.69, 9.17) is 5.73 Å². The van der Waals surface area contributed by atoms with Gasteiger partial charge >= 0.3 is 0 Å². The normalized spacial score (nSPS) is 28.7. The molecule has 1 saturated carbocycles. The number of halogens is 1. The van der Waals surface area contributed by atoms with E-state index in [9.17, 15) is 4.79 Å². The van der Waals surface area contributed by atoms with Crippen LogP contribution in [0.2, 0.25) is 0 Å². The zero-order valence-corrected chi connectivity index (χ0v) is 9.97. The van der Waals surface area contributed by atoms with Gasteiger partial charge in [-0.3, -0.25) is 9.69 Å². The van der Waals surface area contributed by atoms with Crippen molar-refractivity contribution in [1.29, 1.82) is 0 Å². The SMILES string of the molecule is Cl.NC(=O)C1CCN(C2CCCCC2)C1. The lowest BCUT2D eigenvalue weighted by Crippen LogP contribution is -2.36. The van der Waals surface area contributed by atoms with Gasteiger partial charge in [0, 0.05) is 12.6 Å². The summed E-state index contributed by atoms with van der Waals surface area (Å²) in [7, 11) is 0. The second-order valence-electron chi connectivity index (χ2n) is 4.67. The predicted molar refractivity (Wildman–Crippen MR) is 63.0 cm³/mol. The number of rotatable bonds is 2. The van der Waals surface area contributed by atoms with Gasteiger partial charge in [-0.15, -0.1) is 12.4 Å². The minimum Gasteiger partial charge on any atom is -0.369 e. The van der Waals surface area contributed by atoms with Crippen LogP contribution in [0.5, 0.6) is 0 Å². The number of carbonyl (C=O) groups is 1. The molecule has 1 saturated heterocycles. The molecule has 1 amide bonds. The van der Waals surface area contributed by atoms with Crippen molar-refractivity contribution in [1.82, 2.24) is 4.90 Å². The number of carbonyl (C=O) groups excluding carboxylic acids is 1. The van der Waals surface area contributed by atoms with Gasteiger partial charge in [0.25, 0.3) is 0 Å². The van der Waals surface area contributed by atoms with Crippen molar-refractivity contribution in [3.8, 4) is 0 Å². The summed E-state index contributed by atoms with van der Waals surface area (Å²) in [6.07, 6.45) is 7.75. The Labute approximate surface area is 97.8 Å². The maximum Gasteiger partial charge on any atom is 0.221 e. The van der Waals surface area contributed by atoms with Crippen molar-refractivity contribution in [2.75, 3.05) is 13.1 Å². The Balaban J connectivity index is 0.00000112. The van der Waals surface area contributed by atoms with Crippen molar-refractivity contribution >= 4 is 18.3 Å². The molecule has 15 heavy (non-hydrogen) atoms. The molecule has 1 aliphatic heterocycles. The fourth-order valence-electron chi connectivity index (χ4n) is 2.80. The molecule has 1 heterocycles. The molecule has 0 radical (unpaired) electrons. The Morgan fingerprint density at radius 1 is 1.13 bits per heavy atom. The molecular formula is C11H21ClN2O. The lowest BCUT2D eigenvalue weighted by atomic mass is 9.94. The first kappa shape index (κ1) is 12.8. The third-order valence-corrected chi connectivity index (χ3v) is 3.71. The summed E-state index contributed by atoms with van der Waals surface area (Å²) in [5.41, 5.74) is 5.32. The van der Waals surface area contributed by atoms with E-state index < -0.39 is 0 Å². The lowest BCUT2D eigenvalue weighted by molar-refractivity contribution is -0.121. The first-order valence-corrected chi connectivity index (χ1v) is 5.81. The molecular weight excluding hydrogens is 212 g/mol. The van der Waals surface area contributed by atoms with Crippen LogP contribution in [0.1, 0.15) is 38.5 Å². The number of nitrogens with zero attached hydrogens (tertiary/aromatic N) is 1. The van der Waals surface area contributed by atoms with Crippen LogP contribution in [-0.4, -0.2) is 29.9 Å². The van der Waals surface area contributed by atoms with E-state index in [1.807, 2.05) is 0 Å². The topological polar surface area (TPSA) is 46.3 Å². The van der Waals surface area contributed by atoms with Crippen LogP contribution in [0.4, 0.5) is 0 Å². The van der Waals surface area contributed by atoms with Crippen molar-refractivity contribution in [3.05, 3.63) is 0 Å². The molecule has 2 aliphatic rings. The molecule has 0 aromatic carbocycles. The summed E-state index contributed by atoms with van der Waals surface area (Å²) >= 11 is 0. The van der Waals surface area contributed by atoms with Crippen LogP contribution in [0, 0.1) is 5.92 Å². The van der Waals surface area contributed by atoms with E-state index in [-0.39, 0.29) is 24.2 Å². The number of likely N-dealkylation sites (tertiary alicyclic amines) is 1. The fraction of sp³-hybridized carbons (Fsp3) is 0.909. The number of nitrogens with two attached hydrogens (primary N) is 1. The van der Waals surface area contributed by atoms with E-state index in [1.54, 1.807) is 0 Å². The Hall–Kier alpha value is -0.280. The lowest BCUT2D eigenvalue weighted by Gasteiger charge is -2.30. The second kappa shape index (κ2) is 5.71. The van der Waals surface area contributed by atoms with Crippen molar-refractivity contribution in [3.63, 3.8) is 0 Å². The van der Waals surface area contributed by atoms with E-state index in [1.165, 1.54) is 32.1 Å². The molecule has 1 unspecified atom stereocenters. The van der Waals surface area contributed by atoms with Crippen LogP contribution >= 0.6 is 12.4 Å². The highest BCUT2D eigenvalue weighted by molar-refractivity contribution is 5.85. The van der Waals surface area contributed by atoms with Gasteiger partial charge in [0.2, 0.25) is 5.91 Å². The molecule has 4 heteroatoms. The Morgan fingerprint density at radius 3 is 2.33 bits per heavy atom. The third kappa shape index (κ3) is 3.08. The zero-order valence-electron chi connectivity index (χ0n) is 9.15. The third-order valence-electron chi connectivity index (χ3n) is 3.71. The number of hydrogen-bond acceptors (Lipinski definition) is 2. The van der Waals surface area contributed by atoms with E-state index in [0.717, 1.165) is 25.6 Å². The Kier molecular flexibility index (Phi) is 4.87. The monoisotopic (exact) mass is 232 g/mol. The molecule has 0 aromatic heterocycles. The first-order chi connectivity index (χ1) is 6.77. The van der Waals surface area contributed by atoms with Gasteiger partial charge in [0.15, 0.2) is 0 Å². The largest absolute Gasteiger partial charge is 0.369 e. The summed E-state index contributed by atoms with van der Waals surface area (Å²) in [5, 5.41) is 0. The number of primary amides is 1. The quantitative estimate of drug-likeness (QED) is 0.785. The van der Waals surface area contributed by atoms with Gasteiger partial charge in [-0.25, -0.2) is 0 Å². The van der Waals surface area contributed by atoms with Crippen LogP contribution in [0.3, 0.4) is 0 Å². The Morgan fingerprint density at radius 2 is 1.80 bits per heavy atom. The maximum atomic E-state index is 11.0. The van der Waals surface area contributed by atoms with Crippen LogP contribution in [-0.2, 0) is 4.79 Å². The maximum absolute atomic E-state index is 11.0. The van der Waals surface area contributed by atoms with Gasteiger partial charge in [0.1, 0.15) is 0 Å². The molecule has 1 aliphatic carbocycles. The Bertz CT molecular complexity index is 217. The van der Waals surface area contributed by atoms with Crippen molar-refractivity contribution in [2.45, 2.75) is 44.6 Å². The number of amides is 1. The summed E-state index contributed by atoms with van der Waals surface area (Å²) in [6.45, 7) is 2.00. The van der Waals surface area contributed by atoms with E-state index >= 15 is 0 Å². The molecule has 2 N–H and O–H groups in total. The van der Waals surface area contributed by atoms with Crippen molar-refractivity contribution < 1.29 is 4.79 Å².